The van der Waals surface area contributed by atoms with Gasteiger partial charge in [0.15, 0.2) is 12.4 Å². The van der Waals surface area contributed by atoms with Crippen LogP contribution in [0.25, 0.3) is 0 Å². The Morgan fingerprint density at radius 2 is 1.50 bits per heavy atom. The molecule has 0 radical (unpaired) electrons. The van der Waals surface area contributed by atoms with Gasteiger partial charge in [-0.25, -0.2) is 13.2 Å². The summed E-state index contributed by atoms with van der Waals surface area (Å²) in [5.41, 5.74) is 0.188. The van der Waals surface area contributed by atoms with Crippen LogP contribution in [0.2, 0.25) is 20.1 Å². The fourth-order valence-corrected chi connectivity index (χ4v) is 4.75. The second-order valence-electron chi connectivity index (χ2n) is 6.38. The number of esters is 1. The quantitative estimate of drug-likeness (QED) is 0.291. The summed E-state index contributed by atoms with van der Waals surface area (Å²) < 4.78 is 33.0. The number of ether oxygens (including phenoxy) is 1. The number of sulfonamides is 1. The summed E-state index contributed by atoms with van der Waals surface area (Å²) >= 11 is 23.8. The van der Waals surface area contributed by atoms with Crippen molar-refractivity contribution in [2.24, 2.45) is 0 Å². The zero-order valence-corrected chi connectivity index (χ0v) is 19.8. The third-order valence-corrected chi connectivity index (χ3v) is 6.76. The van der Waals surface area contributed by atoms with E-state index in [9.17, 15) is 18.0 Å². The molecule has 32 heavy (non-hydrogen) atoms. The summed E-state index contributed by atoms with van der Waals surface area (Å²) in [7, 11) is -4.23. The van der Waals surface area contributed by atoms with E-state index in [0.717, 1.165) is 6.07 Å². The van der Waals surface area contributed by atoms with E-state index in [0.29, 0.717) is 5.02 Å². The van der Waals surface area contributed by atoms with Crippen molar-refractivity contribution in [1.82, 2.24) is 0 Å². The first-order valence-electron chi connectivity index (χ1n) is 8.80. The van der Waals surface area contributed by atoms with Crippen LogP contribution in [0.1, 0.15) is 20.7 Å². The highest BCUT2D eigenvalue weighted by molar-refractivity contribution is 7.92. The van der Waals surface area contributed by atoms with Crippen LogP contribution < -0.4 is 4.72 Å². The monoisotopic (exact) mass is 531 g/mol. The van der Waals surface area contributed by atoms with Crippen molar-refractivity contribution in [3.63, 3.8) is 0 Å². The van der Waals surface area contributed by atoms with Gasteiger partial charge in [-0.15, -0.1) is 0 Å². The number of anilines is 1. The summed E-state index contributed by atoms with van der Waals surface area (Å²) in [4.78, 5) is 24.2. The van der Waals surface area contributed by atoms with Gasteiger partial charge < -0.3 is 4.74 Å². The summed E-state index contributed by atoms with van der Waals surface area (Å²) in [6.07, 6.45) is 0. The number of hydrogen-bond acceptors (Lipinski definition) is 5. The maximum atomic E-state index is 12.8. The molecular weight excluding hydrogens is 520 g/mol. The molecule has 0 amide bonds. The Morgan fingerprint density at radius 3 is 2.22 bits per heavy atom. The SMILES string of the molecule is O=C(COC(=O)c1ccc(Cl)c(S(=O)(=O)Nc2cc(Cl)ccc2Cl)c1)c1cccc(Cl)c1. The highest BCUT2D eigenvalue weighted by Crippen LogP contribution is 2.30. The van der Waals surface area contributed by atoms with Gasteiger partial charge in [0.2, 0.25) is 0 Å². The molecule has 0 bridgehead atoms. The normalized spacial score (nSPS) is 11.1. The van der Waals surface area contributed by atoms with E-state index in [2.05, 4.69) is 4.72 Å². The molecule has 0 aromatic heterocycles. The lowest BCUT2D eigenvalue weighted by molar-refractivity contribution is 0.0474. The van der Waals surface area contributed by atoms with Crippen LogP contribution in [0.3, 0.4) is 0 Å². The van der Waals surface area contributed by atoms with E-state index in [1.807, 2.05) is 0 Å². The second kappa shape index (κ2) is 10.1. The molecule has 3 rings (SSSR count). The van der Waals surface area contributed by atoms with Crippen molar-refractivity contribution >= 4 is 73.9 Å². The molecule has 0 aliphatic carbocycles. The first-order valence-corrected chi connectivity index (χ1v) is 11.8. The molecule has 1 N–H and O–H groups in total. The smallest absolute Gasteiger partial charge is 0.338 e. The summed E-state index contributed by atoms with van der Waals surface area (Å²) in [6, 6.07) is 14.0. The Kier molecular flexibility index (Phi) is 7.69. The zero-order chi connectivity index (χ0) is 23.5. The predicted molar refractivity (Wildman–Crippen MR) is 125 cm³/mol. The summed E-state index contributed by atoms with van der Waals surface area (Å²) in [5, 5.41) is 0.605. The fourth-order valence-electron chi connectivity index (χ4n) is 2.57. The van der Waals surface area contributed by atoms with Gasteiger partial charge in [-0.3, -0.25) is 9.52 Å². The first-order chi connectivity index (χ1) is 15.1. The van der Waals surface area contributed by atoms with Crippen molar-refractivity contribution in [2.45, 2.75) is 4.90 Å². The van der Waals surface area contributed by atoms with Crippen molar-refractivity contribution in [2.75, 3.05) is 11.3 Å². The van der Waals surface area contributed by atoms with Crippen LogP contribution in [-0.2, 0) is 14.8 Å². The number of Topliss-reactive ketones (excluding diaryl/α,β-unsaturated/α-hetero) is 1. The van der Waals surface area contributed by atoms with Crippen LogP contribution in [0.5, 0.6) is 0 Å². The Morgan fingerprint density at radius 1 is 0.812 bits per heavy atom. The van der Waals surface area contributed by atoms with Gasteiger partial charge in [0.1, 0.15) is 4.90 Å². The molecule has 166 valence electrons. The number of hydrogen-bond donors (Lipinski definition) is 1. The van der Waals surface area contributed by atoms with Gasteiger partial charge >= 0.3 is 5.97 Å². The predicted octanol–water partition coefficient (Wildman–Crippen LogP) is 6.14. The molecule has 6 nitrogen and oxygen atoms in total. The average molecular weight is 533 g/mol. The molecule has 0 atom stereocenters. The minimum Gasteiger partial charge on any atom is -0.454 e. The second-order valence-corrected chi connectivity index (χ2v) is 9.72. The Bertz CT molecular complexity index is 1310. The molecule has 3 aromatic rings. The molecule has 0 spiro atoms. The molecule has 0 saturated heterocycles. The number of carbonyl (C=O) groups is 2. The highest BCUT2D eigenvalue weighted by Gasteiger charge is 2.22. The van der Waals surface area contributed by atoms with Crippen molar-refractivity contribution in [1.29, 1.82) is 0 Å². The lowest BCUT2D eigenvalue weighted by atomic mass is 10.1. The molecule has 0 fully saturated rings. The zero-order valence-electron chi connectivity index (χ0n) is 15.9. The van der Waals surface area contributed by atoms with E-state index in [1.165, 1.54) is 42.5 Å². The first kappa shape index (κ1) is 24.4. The number of nitrogens with one attached hydrogen (secondary N) is 1. The third kappa shape index (κ3) is 5.94. The molecular formula is C21H13Cl4NO5S. The average Bonchev–Trinajstić information content (AvgIpc) is 2.74. The summed E-state index contributed by atoms with van der Waals surface area (Å²) in [6.45, 7) is -0.555. The lowest BCUT2D eigenvalue weighted by Gasteiger charge is -2.12. The Hall–Kier alpha value is -2.29. The summed E-state index contributed by atoms with van der Waals surface area (Å²) in [5.74, 6) is -1.38. The van der Waals surface area contributed by atoms with Gasteiger partial charge in [-0.2, -0.15) is 0 Å². The van der Waals surface area contributed by atoms with Gasteiger partial charge in [-0.1, -0.05) is 58.5 Å². The number of benzene rings is 3. The molecule has 0 saturated carbocycles. The topological polar surface area (TPSA) is 89.5 Å². The van der Waals surface area contributed by atoms with E-state index in [1.54, 1.807) is 12.1 Å². The number of halogens is 4. The van der Waals surface area contributed by atoms with E-state index in [-0.39, 0.29) is 36.8 Å². The largest absolute Gasteiger partial charge is 0.454 e. The van der Waals surface area contributed by atoms with E-state index >= 15 is 0 Å². The van der Waals surface area contributed by atoms with E-state index in [4.69, 9.17) is 51.1 Å². The van der Waals surface area contributed by atoms with Crippen molar-refractivity contribution < 1.29 is 22.7 Å². The van der Waals surface area contributed by atoms with Crippen molar-refractivity contribution in [3.05, 3.63) is 91.9 Å². The molecule has 0 aliphatic heterocycles. The van der Waals surface area contributed by atoms with Crippen LogP contribution in [-0.4, -0.2) is 26.8 Å². The van der Waals surface area contributed by atoms with Crippen LogP contribution in [0.15, 0.2) is 65.6 Å². The standard InChI is InChI=1S/C21H13Cl4NO5S/c22-14-3-1-2-12(8-14)19(27)11-31-21(28)13-4-6-17(25)20(9-13)32(29,30)26-18-10-15(23)5-7-16(18)24/h1-10,26H,11H2. The minimum atomic E-state index is -4.23. The number of rotatable bonds is 7. The minimum absolute atomic E-state index is 0.0373. The van der Waals surface area contributed by atoms with Crippen LogP contribution in [0.4, 0.5) is 5.69 Å². The maximum Gasteiger partial charge on any atom is 0.338 e. The van der Waals surface area contributed by atoms with Gasteiger partial charge in [0.05, 0.1) is 21.3 Å². The Balaban J connectivity index is 1.79. The van der Waals surface area contributed by atoms with Crippen molar-refractivity contribution in [3.8, 4) is 0 Å². The third-order valence-electron chi connectivity index (χ3n) is 4.11. The highest BCUT2D eigenvalue weighted by atomic mass is 35.5. The van der Waals surface area contributed by atoms with Gasteiger partial charge in [-0.05, 0) is 48.5 Å². The molecule has 11 heteroatoms. The van der Waals surface area contributed by atoms with Gasteiger partial charge in [0, 0.05) is 15.6 Å². The maximum absolute atomic E-state index is 12.8. The van der Waals surface area contributed by atoms with Crippen LogP contribution in [0, 0.1) is 0 Å². The number of carbonyl (C=O) groups excluding carboxylic acids is 2. The molecule has 0 unspecified atom stereocenters. The van der Waals surface area contributed by atoms with E-state index < -0.39 is 28.4 Å². The molecule has 0 heterocycles. The fraction of sp³-hybridized carbons (Fsp3) is 0.0476. The Labute approximate surface area is 204 Å². The van der Waals surface area contributed by atoms with Crippen LogP contribution >= 0.6 is 46.4 Å². The molecule has 0 aliphatic rings. The molecule has 3 aromatic carbocycles. The van der Waals surface area contributed by atoms with Gasteiger partial charge in [0.25, 0.3) is 10.0 Å². The lowest BCUT2D eigenvalue weighted by Crippen LogP contribution is -2.17. The number of ketones is 1.